The molecule has 0 aromatic heterocycles. The molecule has 1 aromatic carbocycles. The molecule has 162 valence electrons. The minimum atomic E-state index is -0.921. The van der Waals surface area contributed by atoms with E-state index in [2.05, 4.69) is 5.32 Å². The number of carbonyl (C=O) groups excluding carboxylic acids is 2. The Bertz CT molecular complexity index is 721. The van der Waals surface area contributed by atoms with Gasteiger partial charge in [-0.2, -0.15) is 0 Å². The lowest BCUT2D eigenvalue weighted by Crippen LogP contribution is -2.53. The van der Waals surface area contributed by atoms with Crippen LogP contribution in [0.2, 0.25) is 0 Å². The number of methoxy groups -OCH3 is 1. The molecular formula is C21H30F2N2O4. The first-order valence-electron chi connectivity index (χ1n) is 9.82. The van der Waals surface area contributed by atoms with Crippen molar-refractivity contribution in [2.24, 2.45) is 0 Å². The summed E-state index contributed by atoms with van der Waals surface area (Å²) >= 11 is 0. The van der Waals surface area contributed by atoms with Gasteiger partial charge in [0.25, 0.3) is 0 Å². The third-order valence-electron chi connectivity index (χ3n) is 4.84. The first kappa shape index (κ1) is 23.1. The highest BCUT2D eigenvalue weighted by molar-refractivity contribution is 5.77. The van der Waals surface area contributed by atoms with Crippen molar-refractivity contribution in [2.45, 2.75) is 64.2 Å². The van der Waals surface area contributed by atoms with Crippen LogP contribution in [0.4, 0.5) is 13.6 Å². The lowest BCUT2D eigenvalue weighted by atomic mass is 9.98. The summed E-state index contributed by atoms with van der Waals surface area (Å²) in [5.41, 5.74) is -0.440. The smallest absolute Gasteiger partial charge is 0.407 e. The highest BCUT2D eigenvalue weighted by atomic mass is 19.2. The Morgan fingerprint density at radius 2 is 2.00 bits per heavy atom. The quantitative estimate of drug-likeness (QED) is 0.777. The van der Waals surface area contributed by atoms with Crippen LogP contribution in [-0.2, 0) is 20.7 Å². The monoisotopic (exact) mass is 412 g/mol. The van der Waals surface area contributed by atoms with Crippen molar-refractivity contribution >= 4 is 12.0 Å². The van der Waals surface area contributed by atoms with Gasteiger partial charge < -0.3 is 19.7 Å². The Hall–Kier alpha value is -2.22. The van der Waals surface area contributed by atoms with Crippen LogP contribution in [-0.4, -0.2) is 54.8 Å². The van der Waals surface area contributed by atoms with Gasteiger partial charge in [-0.05, 0) is 51.7 Å². The van der Waals surface area contributed by atoms with Crippen LogP contribution in [0.5, 0.6) is 0 Å². The van der Waals surface area contributed by atoms with Crippen molar-refractivity contribution in [1.82, 2.24) is 10.2 Å². The largest absolute Gasteiger partial charge is 0.444 e. The molecule has 1 aliphatic heterocycles. The summed E-state index contributed by atoms with van der Waals surface area (Å²) in [6, 6.07) is 3.69. The molecule has 1 heterocycles. The molecular weight excluding hydrogens is 382 g/mol. The summed E-state index contributed by atoms with van der Waals surface area (Å²) < 4.78 is 37.9. The maximum Gasteiger partial charge on any atom is 0.407 e. The normalized spacial score (nSPS) is 19.7. The van der Waals surface area contributed by atoms with Crippen molar-refractivity contribution < 1.29 is 27.8 Å². The molecule has 0 saturated carbocycles. The van der Waals surface area contributed by atoms with Crippen molar-refractivity contribution in [3.05, 3.63) is 35.4 Å². The zero-order valence-electron chi connectivity index (χ0n) is 17.5. The van der Waals surface area contributed by atoms with Gasteiger partial charge in [-0.25, -0.2) is 13.6 Å². The van der Waals surface area contributed by atoms with Gasteiger partial charge in [-0.3, -0.25) is 4.79 Å². The number of halogens is 2. The van der Waals surface area contributed by atoms with Crippen LogP contribution >= 0.6 is 0 Å². The van der Waals surface area contributed by atoms with Gasteiger partial charge in [-0.15, -0.1) is 0 Å². The van der Waals surface area contributed by atoms with E-state index < -0.39 is 23.3 Å². The zero-order valence-corrected chi connectivity index (χ0v) is 17.5. The summed E-state index contributed by atoms with van der Waals surface area (Å²) in [5, 5.41) is 2.71. The van der Waals surface area contributed by atoms with E-state index in [1.165, 1.54) is 12.1 Å². The highest BCUT2D eigenvalue weighted by Crippen LogP contribution is 2.22. The van der Waals surface area contributed by atoms with Crippen molar-refractivity contribution in [1.29, 1.82) is 0 Å². The second kappa shape index (κ2) is 10.0. The average molecular weight is 412 g/mol. The molecule has 0 spiro atoms. The molecule has 1 aromatic rings. The summed E-state index contributed by atoms with van der Waals surface area (Å²) in [6.07, 6.45) is 0.863. The molecule has 1 saturated heterocycles. The average Bonchev–Trinajstić information content (AvgIpc) is 2.65. The summed E-state index contributed by atoms with van der Waals surface area (Å²) in [7, 11) is 1.62. The van der Waals surface area contributed by atoms with Gasteiger partial charge in [0.15, 0.2) is 11.6 Å². The number of nitrogens with one attached hydrogen (secondary N) is 1. The SMILES string of the molecule is CO[C@@H]1CCN(C(=O)CCc2cccc(F)c2F)[C@H](CNC(=O)OC(C)(C)C)C1. The molecule has 6 nitrogen and oxygen atoms in total. The molecule has 8 heteroatoms. The van der Waals surface area contributed by atoms with Gasteiger partial charge in [-0.1, -0.05) is 12.1 Å². The number of ether oxygens (including phenoxy) is 2. The number of amides is 2. The number of piperidine rings is 1. The number of hydrogen-bond donors (Lipinski definition) is 1. The molecule has 0 radical (unpaired) electrons. The lowest BCUT2D eigenvalue weighted by molar-refractivity contribution is -0.137. The fraction of sp³-hybridized carbons (Fsp3) is 0.619. The molecule has 1 N–H and O–H groups in total. The van der Waals surface area contributed by atoms with E-state index in [1.807, 2.05) is 0 Å². The van der Waals surface area contributed by atoms with Gasteiger partial charge in [0.2, 0.25) is 5.91 Å². The first-order valence-corrected chi connectivity index (χ1v) is 9.82. The number of rotatable bonds is 6. The second-order valence-corrected chi connectivity index (χ2v) is 8.22. The number of hydrogen-bond acceptors (Lipinski definition) is 4. The van der Waals surface area contributed by atoms with Crippen LogP contribution in [0.15, 0.2) is 18.2 Å². The third kappa shape index (κ3) is 6.96. The first-order chi connectivity index (χ1) is 13.6. The zero-order chi connectivity index (χ0) is 21.6. The van der Waals surface area contributed by atoms with E-state index in [1.54, 1.807) is 32.8 Å². The minimum absolute atomic E-state index is 0.00912. The van der Waals surface area contributed by atoms with Crippen LogP contribution in [0, 0.1) is 11.6 Å². The highest BCUT2D eigenvalue weighted by Gasteiger charge is 2.32. The van der Waals surface area contributed by atoms with Gasteiger partial charge in [0, 0.05) is 26.6 Å². The molecule has 29 heavy (non-hydrogen) atoms. The minimum Gasteiger partial charge on any atom is -0.444 e. The number of benzene rings is 1. The van der Waals surface area contributed by atoms with E-state index in [0.29, 0.717) is 19.4 Å². The fourth-order valence-corrected chi connectivity index (χ4v) is 3.39. The third-order valence-corrected chi connectivity index (χ3v) is 4.84. The summed E-state index contributed by atoms with van der Waals surface area (Å²) in [5.74, 6) is -2.00. The van der Waals surface area contributed by atoms with Gasteiger partial charge >= 0.3 is 6.09 Å². The van der Waals surface area contributed by atoms with E-state index in [-0.39, 0.29) is 43.0 Å². The fourth-order valence-electron chi connectivity index (χ4n) is 3.39. The topological polar surface area (TPSA) is 67.9 Å². The van der Waals surface area contributed by atoms with E-state index >= 15 is 0 Å². The molecule has 2 atom stereocenters. The number of likely N-dealkylation sites (tertiary alicyclic amines) is 1. The Morgan fingerprint density at radius 3 is 2.66 bits per heavy atom. The molecule has 1 fully saturated rings. The van der Waals surface area contributed by atoms with Gasteiger partial charge in [0.05, 0.1) is 12.1 Å². The number of aryl methyl sites for hydroxylation is 1. The Labute approximate surface area is 170 Å². The van der Waals surface area contributed by atoms with E-state index in [0.717, 1.165) is 6.07 Å². The Morgan fingerprint density at radius 1 is 1.28 bits per heavy atom. The maximum absolute atomic E-state index is 13.8. The molecule has 1 aliphatic rings. The van der Waals surface area contributed by atoms with E-state index in [4.69, 9.17) is 9.47 Å². The molecule has 0 aliphatic carbocycles. The van der Waals surface area contributed by atoms with Crippen molar-refractivity contribution in [2.75, 3.05) is 20.2 Å². The number of alkyl carbamates (subject to hydrolysis) is 1. The lowest BCUT2D eigenvalue weighted by Gasteiger charge is -2.39. The Balaban J connectivity index is 1.98. The molecule has 2 rings (SSSR count). The molecule has 2 amide bonds. The predicted molar refractivity (Wildman–Crippen MR) is 104 cm³/mol. The standard InChI is InChI=1S/C21H30F2N2O4/c1-21(2,3)29-20(27)24-13-15-12-16(28-4)10-11-25(15)18(26)9-8-14-6-5-7-17(22)19(14)23/h5-7,15-16H,8-13H2,1-4H3,(H,24,27)/t15-,16+/m0/s1. The number of nitrogens with zero attached hydrogens (tertiary/aromatic N) is 1. The second-order valence-electron chi connectivity index (χ2n) is 8.22. The van der Waals surface area contributed by atoms with Crippen molar-refractivity contribution in [3.63, 3.8) is 0 Å². The molecule has 0 unspecified atom stereocenters. The van der Waals surface area contributed by atoms with Crippen molar-refractivity contribution in [3.8, 4) is 0 Å². The van der Waals surface area contributed by atoms with Crippen LogP contribution < -0.4 is 5.32 Å². The number of carbonyl (C=O) groups is 2. The Kier molecular flexibility index (Phi) is 7.96. The van der Waals surface area contributed by atoms with Gasteiger partial charge in [0.1, 0.15) is 5.60 Å². The summed E-state index contributed by atoms with van der Waals surface area (Å²) in [4.78, 5) is 26.4. The van der Waals surface area contributed by atoms with E-state index in [9.17, 15) is 18.4 Å². The van der Waals surface area contributed by atoms with Crippen LogP contribution in [0.3, 0.4) is 0 Å². The molecule has 0 bridgehead atoms. The summed E-state index contributed by atoms with van der Waals surface area (Å²) in [6.45, 7) is 6.03. The predicted octanol–water partition coefficient (Wildman–Crippen LogP) is 3.43. The van der Waals surface area contributed by atoms with Crippen LogP contribution in [0.25, 0.3) is 0 Å². The van der Waals surface area contributed by atoms with Crippen LogP contribution in [0.1, 0.15) is 45.6 Å². The maximum atomic E-state index is 13.8.